The van der Waals surface area contributed by atoms with Gasteiger partial charge in [-0.05, 0) is 36.8 Å². The second kappa shape index (κ2) is 4.17. The van der Waals surface area contributed by atoms with E-state index in [2.05, 4.69) is 4.98 Å². The van der Waals surface area contributed by atoms with Crippen molar-refractivity contribution in [1.82, 2.24) is 4.98 Å². The lowest BCUT2D eigenvalue weighted by atomic mass is 9.96. The molecule has 0 bridgehead atoms. The fourth-order valence-corrected chi connectivity index (χ4v) is 1.98. The van der Waals surface area contributed by atoms with E-state index >= 15 is 0 Å². The van der Waals surface area contributed by atoms with Gasteiger partial charge in [0.05, 0.1) is 0 Å². The third kappa shape index (κ3) is 2.00. The summed E-state index contributed by atoms with van der Waals surface area (Å²) in [7, 11) is 0. The van der Waals surface area contributed by atoms with E-state index < -0.39 is 5.60 Å². The number of benzene rings is 2. The van der Waals surface area contributed by atoms with E-state index in [0.29, 0.717) is 16.7 Å². The Bertz CT molecular complexity index is 683. The summed E-state index contributed by atoms with van der Waals surface area (Å²) < 4.78 is 18.5. The van der Waals surface area contributed by atoms with Crippen molar-refractivity contribution in [3.63, 3.8) is 0 Å². The Morgan fingerprint density at radius 3 is 2.47 bits per heavy atom. The first-order chi connectivity index (χ1) is 9.07. The number of hydrogen-bond acceptors (Lipinski definition) is 3. The quantitative estimate of drug-likeness (QED) is 0.766. The van der Waals surface area contributed by atoms with Gasteiger partial charge in [-0.2, -0.15) is 0 Å². The molecule has 96 valence electrons. The molecule has 1 N–H and O–H groups in total. The summed E-state index contributed by atoms with van der Waals surface area (Å²) in [6.45, 7) is 1.57. The van der Waals surface area contributed by atoms with Gasteiger partial charge >= 0.3 is 0 Å². The molecule has 19 heavy (non-hydrogen) atoms. The Kier molecular flexibility index (Phi) is 2.61. The van der Waals surface area contributed by atoms with E-state index in [1.807, 2.05) is 18.2 Å². The van der Waals surface area contributed by atoms with Crippen LogP contribution >= 0.6 is 0 Å². The molecule has 0 spiro atoms. The molecule has 1 heterocycles. The van der Waals surface area contributed by atoms with E-state index in [4.69, 9.17) is 4.42 Å². The summed E-state index contributed by atoms with van der Waals surface area (Å²) in [4.78, 5) is 4.27. The zero-order chi connectivity index (χ0) is 13.5. The third-order valence-electron chi connectivity index (χ3n) is 3.12. The third-order valence-corrected chi connectivity index (χ3v) is 3.12. The van der Waals surface area contributed by atoms with Crippen LogP contribution in [0.1, 0.15) is 18.4 Å². The smallest absolute Gasteiger partial charge is 0.231 e. The first kappa shape index (κ1) is 11.9. The maximum Gasteiger partial charge on any atom is 0.231 e. The summed E-state index contributed by atoms with van der Waals surface area (Å²) >= 11 is 0. The maximum absolute atomic E-state index is 12.9. The van der Waals surface area contributed by atoms with Gasteiger partial charge in [0, 0.05) is 0 Å². The van der Waals surface area contributed by atoms with Crippen molar-refractivity contribution in [1.29, 1.82) is 0 Å². The van der Waals surface area contributed by atoms with Gasteiger partial charge in [0.15, 0.2) is 11.2 Å². The van der Waals surface area contributed by atoms with Gasteiger partial charge in [0.2, 0.25) is 5.89 Å². The van der Waals surface area contributed by atoms with E-state index in [1.54, 1.807) is 13.0 Å². The molecule has 0 amide bonds. The van der Waals surface area contributed by atoms with E-state index in [0.717, 1.165) is 0 Å². The van der Waals surface area contributed by atoms with Gasteiger partial charge in [-0.15, -0.1) is 0 Å². The minimum absolute atomic E-state index is 0.195. The Labute approximate surface area is 109 Å². The Balaban J connectivity index is 2.10. The molecular formula is C15H12FNO2. The molecule has 0 aliphatic carbocycles. The number of hydrogen-bond donors (Lipinski definition) is 1. The van der Waals surface area contributed by atoms with Crippen molar-refractivity contribution in [2.45, 2.75) is 12.5 Å². The Morgan fingerprint density at radius 2 is 1.79 bits per heavy atom. The van der Waals surface area contributed by atoms with Crippen LogP contribution in [-0.2, 0) is 5.60 Å². The predicted octanol–water partition coefficient (Wildman–Crippen LogP) is 3.22. The van der Waals surface area contributed by atoms with Crippen LogP contribution in [0.15, 0.2) is 52.9 Å². The minimum Gasteiger partial charge on any atom is -0.437 e. The Hall–Kier alpha value is -2.20. The molecule has 3 rings (SSSR count). The van der Waals surface area contributed by atoms with Gasteiger partial charge in [0.25, 0.3) is 0 Å². The number of oxazole rings is 1. The number of nitrogens with zero attached hydrogens (tertiary/aromatic N) is 1. The number of fused-ring (bicyclic) bond motifs is 1. The summed E-state index contributed by atoms with van der Waals surface area (Å²) in [5.41, 5.74) is 0.424. The van der Waals surface area contributed by atoms with Crippen LogP contribution in [0.2, 0.25) is 0 Å². The molecule has 0 radical (unpaired) electrons. The Morgan fingerprint density at radius 1 is 1.11 bits per heavy atom. The van der Waals surface area contributed by atoms with E-state index in [9.17, 15) is 9.50 Å². The average molecular weight is 257 g/mol. The van der Waals surface area contributed by atoms with Crippen molar-refractivity contribution >= 4 is 11.1 Å². The topological polar surface area (TPSA) is 46.3 Å². The summed E-state index contributed by atoms with van der Waals surface area (Å²) in [6.07, 6.45) is 0. The lowest BCUT2D eigenvalue weighted by Gasteiger charge is -2.19. The van der Waals surface area contributed by atoms with Gasteiger partial charge in [-0.25, -0.2) is 9.37 Å². The van der Waals surface area contributed by atoms with Gasteiger partial charge in [-0.3, -0.25) is 0 Å². The molecule has 0 fully saturated rings. The number of para-hydroxylation sites is 2. The first-order valence-electron chi connectivity index (χ1n) is 5.92. The molecule has 3 aromatic rings. The van der Waals surface area contributed by atoms with Crippen molar-refractivity contribution in [3.8, 4) is 0 Å². The average Bonchev–Trinajstić information content (AvgIpc) is 2.83. The summed E-state index contributed by atoms with van der Waals surface area (Å²) in [6, 6.07) is 12.9. The maximum atomic E-state index is 12.9. The van der Waals surface area contributed by atoms with Crippen LogP contribution < -0.4 is 0 Å². The highest BCUT2D eigenvalue weighted by atomic mass is 19.1. The normalized spacial score (nSPS) is 14.5. The second-order valence-corrected chi connectivity index (χ2v) is 4.57. The van der Waals surface area contributed by atoms with Crippen molar-refractivity contribution < 1.29 is 13.9 Å². The molecule has 1 aromatic heterocycles. The number of aliphatic hydroxyl groups is 1. The molecule has 0 saturated heterocycles. The molecule has 0 aliphatic rings. The van der Waals surface area contributed by atoms with E-state index in [-0.39, 0.29) is 11.7 Å². The van der Waals surface area contributed by atoms with Crippen molar-refractivity contribution in [2.24, 2.45) is 0 Å². The van der Waals surface area contributed by atoms with Crippen LogP contribution in [0.4, 0.5) is 4.39 Å². The lowest BCUT2D eigenvalue weighted by molar-refractivity contribution is 0.0726. The minimum atomic E-state index is -1.40. The van der Waals surface area contributed by atoms with Crippen molar-refractivity contribution in [3.05, 3.63) is 65.8 Å². The zero-order valence-electron chi connectivity index (χ0n) is 10.3. The van der Waals surface area contributed by atoms with Crippen molar-refractivity contribution in [2.75, 3.05) is 0 Å². The molecule has 3 nitrogen and oxygen atoms in total. The lowest BCUT2D eigenvalue weighted by Crippen LogP contribution is -2.23. The fraction of sp³-hybridized carbons (Fsp3) is 0.133. The first-order valence-corrected chi connectivity index (χ1v) is 5.92. The standard InChI is InChI=1S/C15H12FNO2/c1-15(18,10-6-8-11(16)9-7-10)14-17-12-4-2-3-5-13(12)19-14/h2-9,18H,1H3/t15-/m1/s1. The number of aromatic nitrogens is 1. The van der Waals surface area contributed by atoms with Crippen LogP contribution in [0.25, 0.3) is 11.1 Å². The molecule has 1 atom stereocenters. The molecule has 0 saturated carbocycles. The highest BCUT2D eigenvalue weighted by molar-refractivity contribution is 5.72. The monoisotopic (exact) mass is 257 g/mol. The van der Waals surface area contributed by atoms with Crippen LogP contribution in [-0.4, -0.2) is 10.1 Å². The van der Waals surface area contributed by atoms with Crippen LogP contribution in [0.3, 0.4) is 0 Å². The van der Waals surface area contributed by atoms with Crippen LogP contribution in [0, 0.1) is 5.82 Å². The number of rotatable bonds is 2. The highest BCUT2D eigenvalue weighted by Gasteiger charge is 2.31. The fourth-order valence-electron chi connectivity index (χ4n) is 1.98. The number of halogens is 1. The summed E-state index contributed by atoms with van der Waals surface area (Å²) in [5.74, 6) is -0.155. The predicted molar refractivity (Wildman–Crippen MR) is 69.1 cm³/mol. The molecule has 2 aromatic carbocycles. The molecule has 4 heteroatoms. The molecule has 0 unspecified atom stereocenters. The summed E-state index contributed by atoms with van der Waals surface area (Å²) in [5, 5.41) is 10.6. The van der Waals surface area contributed by atoms with Gasteiger partial charge in [0.1, 0.15) is 11.3 Å². The van der Waals surface area contributed by atoms with Gasteiger partial charge < -0.3 is 9.52 Å². The largest absolute Gasteiger partial charge is 0.437 e. The molecule has 0 aliphatic heterocycles. The second-order valence-electron chi connectivity index (χ2n) is 4.57. The van der Waals surface area contributed by atoms with E-state index in [1.165, 1.54) is 24.3 Å². The zero-order valence-corrected chi connectivity index (χ0v) is 10.3. The molecular weight excluding hydrogens is 245 g/mol. The van der Waals surface area contributed by atoms with Crippen LogP contribution in [0.5, 0.6) is 0 Å². The SMILES string of the molecule is C[C@@](O)(c1ccc(F)cc1)c1nc2ccccc2o1. The highest BCUT2D eigenvalue weighted by Crippen LogP contribution is 2.30. The van der Waals surface area contributed by atoms with Gasteiger partial charge in [-0.1, -0.05) is 24.3 Å².